The van der Waals surface area contributed by atoms with Crippen LogP contribution in [-0.2, 0) is 6.42 Å². The van der Waals surface area contributed by atoms with Gasteiger partial charge in [-0.05, 0) is 51.1 Å². The van der Waals surface area contributed by atoms with Crippen LogP contribution in [0.2, 0.25) is 0 Å². The first-order valence-corrected chi connectivity index (χ1v) is 6.95. The molecule has 1 saturated carbocycles. The summed E-state index contributed by atoms with van der Waals surface area (Å²) in [5.74, 6) is 1.71. The zero-order valence-electron chi connectivity index (χ0n) is 9.04. The first-order valence-electron chi connectivity index (χ1n) is 6.07. The van der Waals surface area contributed by atoms with Gasteiger partial charge in [-0.1, -0.05) is 0 Å². The molecule has 2 heterocycles. The molecule has 1 N–H and O–H groups in total. The van der Waals surface area contributed by atoms with E-state index in [0.717, 1.165) is 11.8 Å². The Morgan fingerprint density at radius 3 is 2.80 bits per heavy atom. The molecule has 82 valence electrons. The lowest BCUT2D eigenvalue weighted by atomic mass is 9.93. The van der Waals surface area contributed by atoms with Crippen LogP contribution in [0.4, 0.5) is 0 Å². The maximum atomic E-state index is 4.76. The molecular formula is C12H18N2S. The van der Waals surface area contributed by atoms with Crippen molar-refractivity contribution in [3.05, 3.63) is 16.1 Å². The van der Waals surface area contributed by atoms with Crippen LogP contribution >= 0.6 is 11.3 Å². The average Bonchev–Trinajstić information content (AvgIpc) is 3.02. The van der Waals surface area contributed by atoms with Crippen molar-refractivity contribution in [2.75, 3.05) is 13.1 Å². The van der Waals surface area contributed by atoms with Gasteiger partial charge in [0.2, 0.25) is 0 Å². The molecule has 2 fully saturated rings. The number of thiazole rings is 1. The van der Waals surface area contributed by atoms with Crippen LogP contribution in [0.15, 0.2) is 5.38 Å². The van der Waals surface area contributed by atoms with E-state index in [1.54, 1.807) is 0 Å². The molecule has 3 heteroatoms. The van der Waals surface area contributed by atoms with Gasteiger partial charge in [-0.3, -0.25) is 0 Å². The van der Waals surface area contributed by atoms with E-state index in [2.05, 4.69) is 10.7 Å². The molecule has 0 bridgehead atoms. The van der Waals surface area contributed by atoms with E-state index in [4.69, 9.17) is 4.98 Å². The Balaban J connectivity index is 1.60. The number of piperidine rings is 1. The molecule has 0 amide bonds. The fraction of sp³-hybridized carbons (Fsp3) is 0.750. The first kappa shape index (κ1) is 9.79. The lowest BCUT2D eigenvalue weighted by molar-refractivity contribution is 0.370. The van der Waals surface area contributed by atoms with Crippen molar-refractivity contribution < 1.29 is 0 Å². The Morgan fingerprint density at radius 2 is 2.07 bits per heavy atom. The molecule has 0 aromatic carbocycles. The summed E-state index contributed by atoms with van der Waals surface area (Å²) in [6, 6.07) is 0. The minimum absolute atomic E-state index is 0.830. The second-order valence-electron chi connectivity index (χ2n) is 4.85. The molecule has 0 unspecified atom stereocenters. The topological polar surface area (TPSA) is 24.9 Å². The predicted molar refractivity (Wildman–Crippen MR) is 63.4 cm³/mol. The Kier molecular flexibility index (Phi) is 2.76. The van der Waals surface area contributed by atoms with Crippen LogP contribution in [0, 0.1) is 5.92 Å². The molecule has 2 aliphatic rings. The monoisotopic (exact) mass is 222 g/mol. The van der Waals surface area contributed by atoms with Gasteiger partial charge in [0.15, 0.2) is 0 Å². The van der Waals surface area contributed by atoms with E-state index in [-0.39, 0.29) is 0 Å². The molecule has 3 rings (SSSR count). The van der Waals surface area contributed by atoms with Gasteiger partial charge in [-0.2, -0.15) is 0 Å². The highest BCUT2D eigenvalue weighted by molar-refractivity contribution is 7.09. The Hall–Kier alpha value is -0.410. The van der Waals surface area contributed by atoms with Gasteiger partial charge in [0.1, 0.15) is 0 Å². The van der Waals surface area contributed by atoms with E-state index in [1.165, 1.54) is 55.9 Å². The summed E-state index contributed by atoms with van der Waals surface area (Å²) in [7, 11) is 0. The summed E-state index contributed by atoms with van der Waals surface area (Å²) in [5.41, 5.74) is 1.36. The van der Waals surface area contributed by atoms with Crippen molar-refractivity contribution in [2.45, 2.75) is 38.0 Å². The molecular weight excluding hydrogens is 204 g/mol. The van der Waals surface area contributed by atoms with Gasteiger partial charge in [0.25, 0.3) is 0 Å². The smallest absolute Gasteiger partial charge is 0.0959 e. The third-order valence-corrected chi connectivity index (χ3v) is 4.51. The molecule has 1 aromatic rings. The summed E-state index contributed by atoms with van der Waals surface area (Å²) in [5, 5.41) is 7.11. The normalized spacial score (nSPS) is 23.2. The Labute approximate surface area is 95.1 Å². The first-order chi connectivity index (χ1) is 7.42. The van der Waals surface area contributed by atoms with Crippen LogP contribution in [-0.4, -0.2) is 18.1 Å². The van der Waals surface area contributed by atoms with Crippen molar-refractivity contribution in [3.8, 4) is 0 Å². The van der Waals surface area contributed by atoms with Gasteiger partial charge in [-0.15, -0.1) is 11.3 Å². The SMILES string of the molecule is c1sc(C2CC2)nc1CC1CCNCC1. The minimum Gasteiger partial charge on any atom is -0.317 e. The van der Waals surface area contributed by atoms with Crippen LogP contribution in [0.5, 0.6) is 0 Å². The predicted octanol–water partition coefficient (Wildman–Crippen LogP) is 2.56. The average molecular weight is 222 g/mol. The molecule has 1 saturated heterocycles. The third-order valence-electron chi connectivity index (χ3n) is 3.45. The molecule has 0 spiro atoms. The molecule has 0 radical (unpaired) electrons. The highest BCUT2D eigenvalue weighted by Crippen LogP contribution is 2.41. The van der Waals surface area contributed by atoms with Crippen molar-refractivity contribution in [2.24, 2.45) is 5.92 Å². The summed E-state index contributed by atoms with van der Waals surface area (Å²) in [6.45, 7) is 2.40. The number of nitrogens with one attached hydrogen (secondary N) is 1. The largest absolute Gasteiger partial charge is 0.317 e. The van der Waals surface area contributed by atoms with Crippen LogP contribution < -0.4 is 5.32 Å². The lowest BCUT2D eigenvalue weighted by Crippen LogP contribution is -2.28. The van der Waals surface area contributed by atoms with E-state index >= 15 is 0 Å². The quantitative estimate of drug-likeness (QED) is 0.850. The fourth-order valence-corrected chi connectivity index (χ4v) is 3.32. The summed E-state index contributed by atoms with van der Waals surface area (Å²) in [4.78, 5) is 4.76. The Bertz CT molecular complexity index is 324. The maximum Gasteiger partial charge on any atom is 0.0959 e. The van der Waals surface area contributed by atoms with Crippen LogP contribution in [0.1, 0.15) is 42.3 Å². The molecule has 15 heavy (non-hydrogen) atoms. The van der Waals surface area contributed by atoms with E-state index in [1.807, 2.05) is 11.3 Å². The molecule has 1 aromatic heterocycles. The lowest BCUT2D eigenvalue weighted by Gasteiger charge is -2.21. The molecule has 2 nitrogen and oxygen atoms in total. The minimum atomic E-state index is 0.830. The number of hydrogen-bond donors (Lipinski definition) is 1. The van der Waals surface area contributed by atoms with E-state index < -0.39 is 0 Å². The van der Waals surface area contributed by atoms with Crippen molar-refractivity contribution in [1.29, 1.82) is 0 Å². The fourth-order valence-electron chi connectivity index (χ4n) is 2.32. The standard InChI is InChI=1S/C12H18N2S/c1-2-10(1)12-14-11(8-15-12)7-9-3-5-13-6-4-9/h8-10,13H,1-7H2. The molecule has 1 aliphatic carbocycles. The highest BCUT2D eigenvalue weighted by atomic mass is 32.1. The van der Waals surface area contributed by atoms with Crippen molar-refractivity contribution >= 4 is 11.3 Å². The third kappa shape index (κ3) is 2.40. The zero-order chi connectivity index (χ0) is 10.1. The number of rotatable bonds is 3. The zero-order valence-corrected chi connectivity index (χ0v) is 9.85. The number of aromatic nitrogens is 1. The van der Waals surface area contributed by atoms with Gasteiger partial charge >= 0.3 is 0 Å². The van der Waals surface area contributed by atoms with Crippen molar-refractivity contribution in [3.63, 3.8) is 0 Å². The second kappa shape index (κ2) is 4.22. The van der Waals surface area contributed by atoms with Crippen molar-refractivity contribution in [1.82, 2.24) is 10.3 Å². The van der Waals surface area contributed by atoms with Gasteiger partial charge in [0, 0.05) is 11.3 Å². The van der Waals surface area contributed by atoms with E-state index in [0.29, 0.717) is 0 Å². The number of hydrogen-bond acceptors (Lipinski definition) is 3. The van der Waals surface area contributed by atoms with Crippen LogP contribution in [0.25, 0.3) is 0 Å². The molecule has 0 atom stereocenters. The molecule has 1 aliphatic heterocycles. The second-order valence-corrected chi connectivity index (χ2v) is 5.74. The Morgan fingerprint density at radius 1 is 1.27 bits per heavy atom. The highest BCUT2D eigenvalue weighted by Gasteiger charge is 2.26. The number of nitrogens with zero attached hydrogens (tertiary/aromatic N) is 1. The summed E-state index contributed by atoms with van der Waals surface area (Å²) < 4.78 is 0. The van der Waals surface area contributed by atoms with E-state index in [9.17, 15) is 0 Å². The summed E-state index contributed by atoms with van der Waals surface area (Å²) in [6.07, 6.45) is 6.62. The van der Waals surface area contributed by atoms with Crippen LogP contribution in [0.3, 0.4) is 0 Å². The van der Waals surface area contributed by atoms with Gasteiger partial charge in [0.05, 0.1) is 10.7 Å². The van der Waals surface area contributed by atoms with Gasteiger partial charge < -0.3 is 5.32 Å². The van der Waals surface area contributed by atoms with Gasteiger partial charge in [-0.25, -0.2) is 4.98 Å². The summed E-state index contributed by atoms with van der Waals surface area (Å²) >= 11 is 1.88. The maximum absolute atomic E-state index is 4.76.